The third-order valence-corrected chi connectivity index (χ3v) is 4.63. The maximum absolute atomic E-state index is 12.5. The van der Waals surface area contributed by atoms with Crippen LogP contribution in [0.15, 0.2) is 53.6 Å². The third kappa shape index (κ3) is 5.19. The van der Waals surface area contributed by atoms with Crippen LogP contribution >= 0.6 is 0 Å². The second-order valence-corrected chi connectivity index (χ2v) is 6.70. The summed E-state index contributed by atoms with van der Waals surface area (Å²) in [5.41, 5.74) is 0.738. The molecule has 0 saturated carbocycles. The normalized spacial score (nSPS) is 11.6. The van der Waals surface area contributed by atoms with Crippen molar-refractivity contribution < 1.29 is 23.8 Å². The molecule has 1 heterocycles. The van der Waals surface area contributed by atoms with E-state index in [-0.39, 0.29) is 18.5 Å². The highest BCUT2D eigenvalue weighted by atomic mass is 16.5. The lowest BCUT2D eigenvalue weighted by atomic mass is 10.2. The van der Waals surface area contributed by atoms with Gasteiger partial charge in [0, 0.05) is 12.6 Å². The number of aryl methyl sites for hydroxylation is 1. The quantitative estimate of drug-likeness (QED) is 0.552. The first-order valence-electron chi connectivity index (χ1n) is 9.59. The Balaban J connectivity index is 1.59. The Kier molecular flexibility index (Phi) is 6.86. The van der Waals surface area contributed by atoms with Gasteiger partial charge in [-0.2, -0.15) is 0 Å². The van der Waals surface area contributed by atoms with Gasteiger partial charge >= 0.3 is 5.97 Å². The first kappa shape index (κ1) is 21.8. The highest BCUT2D eigenvalue weighted by Gasteiger charge is 2.20. The van der Waals surface area contributed by atoms with Crippen LogP contribution in [-0.2, 0) is 20.9 Å². The number of fused-ring (bicyclic) bond motifs is 1. The number of nitrogens with zero attached hydrogens (tertiary/aromatic N) is 2. The van der Waals surface area contributed by atoms with Gasteiger partial charge in [-0.05, 0) is 31.2 Å². The van der Waals surface area contributed by atoms with E-state index in [0.29, 0.717) is 28.1 Å². The van der Waals surface area contributed by atoms with Gasteiger partial charge < -0.3 is 19.5 Å². The van der Waals surface area contributed by atoms with Crippen molar-refractivity contribution in [3.05, 3.63) is 59.1 Å². The van der Waals surface area contributed by atoms with E-state index >= 15 is 0 Å². The Labute approximate surface area is 178 Å². The molecule has 9 nitrogen and oxygen atoms in total. The molecule has 31 heavy (non-hydrogen) atoms. The topological polar surface area (TPSA) is 109 Å². The lowest BCUT2D eigenvalue weighted by molar-refractivity contribution is -0.153. The zero-order valence-corrected chi connectivity index (χ0v) is 17.5. The summed E-state index contributed by atoms with van der Waals surface area (Å²) < 4.78 is 16.9. The number of benzene rings is 2. The summed E-state index contributed by atoms with van der Waals surface area (Å²) in [6, 6.07) is 11.9. The van der Waals surface area contributed by atoms with Crippen LogP contribution < -0.4 is 20.3 Å². The number of aromatic nitrogens is 2. The molecule has 1 amide bonds. The SMILES string of the molecule is COc1ccc(OC)c(NC(=O)C(C)OC(=O)CCn2cnc3ccccc3c2=O)c1. The fourth-order valence-corrected chi connectivity index (χ4v) is 2.93. The van der Waals surface area contributed by atoms with Crippen molar-refractivity contribution in [3.8, 4) is 11.5 Å². The minimum Gasteiger partial charge on any atom is -0.497 e. The van der Waals surface area contributed by atoms with Gasteiger partial charge in [-0.15, -0.1) is 0 Å². The molecular formula is C22H23N3O6. The second kappa shape index (κ2) is 9.75. The van der Waals surface area contributed by atoms with E-state index in [2.05, 4.69) is 10.3 Å². The van der Waals surface area contributed by atoms with Gasteiger partial charge in [0.05, 0.1) is 43.6 Å². The van der Waals surface area contributed by atoms with E-state index in [0.717, 1.165) is 0 Å². The minimum atomic E-state index is -1.05. The molecule has 1 atom stereocenters. The Morgan fingerprint density at radius 2 is 1.90 bits per heavy atom. The minimum absolute atomic E-state index is 0.0833. The van der Waals surface area contributed by atoms with Crippen molar-refractivity contribution >= 4 is 28.5 Å². The molecule has 0 aliphatic heterocycles. The molecule has 1 aromatic heterocycles. The smallest absolute Gasteiger partial charge is 0.308 e. The molecule has 0 spiro atoms. The summed E-state index contributed by atoms with van der Waals surface area (Å²) in [6.07, 6.45) is 0.262. The zero-order chi connectivity index (χ0) is 22.4. The molecule has 0 bridgehead atoms. The number of para-hydroxylation sites is 1. The molecule has 0 fully saturated rings. The van der Waals surface area contributed by atoms with Crippen LogP contribution in [0.4, 0.5) is 5.69 Å². The van der Waals surface area contributed by atoms with Crippen molar-refractivity contribution in [3.63, 3.8) is 0 Å². The first-order valence-corrected chi connectivity index (χ1v) is 9.59. The summed E-state index contributed by atoms with van der Waals surface area (Å²) in [7, 11) is 2.98. The number of carbonyl (C=O) groups is 2. The molecular weight excluding hydrogens is 402 g/mol. The van der Waals surface area contributed by atoms with Crippen molar-refractivity contribution in [1.29, 1.82) is 0 Å². The summed E-state index contributed by atoms with van der Waals surface area (Å²) in [4.78, 5) is 41.3. The molecule has 2 aromatic carbocycles. The molecule has 3 aromatic rings. The first-order chi connectivity index (χ1) is 14.9. The number of esters is 1. The van der Waals surface area contributed by atoms with Crippen molar-refractivity contribution in [2.24, 2.45) is 0 Å². The zero-order valence-electron chi connectivity index (χ0n) is 17.5. The number of rotatable bonds is 8. The lowest BCUT2D eigenvalue weighted by Crippen LogP contribution is -2.31. The van der Waals surface area contributed by atoms with Crippen molar-refractivity contribution in [2.45, 2.75) is 26.0 Å². The molecule has 162 valence electrons. The Morgan fingerprint density at radius 1 is 1.13 bits per heavy atom. The number of anilines is 1. The maximum atomic E-state index is 12.5. The van der Waals surface area contributed by atoms with E-state index in [9.17, 15) is 14.4 Å². The van der Waals surface area contributed by atoms with Crippen LogP contribution in [-0.4, -0.2) is 41.8 Å². The van der Waals surface area contributed by atoms with Gasteiger partial charge in [0.15, 0.2) is 6.10 Å². The Morgan fingerprint density at radius 3 is 2.65 bits per heavy atom. The van der Waals surface area contributed by atoms with Gasteiger partial charge in [0.25, 0.3) is 11.5 Å². The maximum Gasteiger partial charge on any atom is 0.308 e. The second-order valence-electron chi connectivity index (χ2n) is 6.70. The highest BCUT2D eigenvalue weighted by molar-refractivity contribution is 5.96. The largest absolute Gasteiger partial charge is 0.497 e. The molecule has 0 aliphatic rings. The van der Waals surface area contributed by atoms with Gasteiger partial charge in [-0.3, -0.25) is 19.0 Å². The van der Waals surface area contributed by atoms with Crippen LogP contribution in [0, 0.1) is 0 Å². The Hall–Kier alpha value is -3.88. The van der Waals surface area contributed by atoms with Gasteiger partial charge in [-0.25, -0.2) is 4.98 Å². The summed E-state index contributed by atoms with van der Waals surface area (Å²) in [6.45, 7) is 1.55. The fourth-order valence-electron chi connectivity index (χ4n) is 2.93. The molecule has 3 rings (SSSR count). The average Bonchev–Trinajstić information content (AvgIpc) is 2.78. The van der Waals surface area contributed by atoms with E-state index in [1.807, 2.05) is 0 Å². The van der Waals surface area contributed by atoms with Crippen LogP contribution in [0.2, 0.25) is 0 Å². The van der Waals surface area contributed by atoms with Crippen LogP contribution in [0.5, 0.6) is 11.5 Å². The van der Waals surface area contributed by atoms with E-state index in [4.69, 9.17) is 14.2 Å². The fraction of sp³-hybridized carbons (Fsp3) is 0.273. The molecule has 1 N–H and O–H groups in total. The molecule has 1 unspecified atom stereocenters. The highest BCUT2D eigenvalue weighted by Crippen LogP contribution is 2.29. The van der Waals surface area contributed by atoms with Gasteiger partial charge in [-0.1, -0.05) is 12.1 Å². The number of amides is 1. The van der Waals surface area contributed by atoms with Crippen LogP contribution in [0.1, 0.15) is 13.3 Å². The molecule has 0 radical (unpaired) electrons. The number of hydrogen-bond donors (Lipinski definition) is 1. The molecule has 0 saturated heterocycles. The number of hydrogen-bond acceptors (Lipinski definition) is 7. The number of nitrogens with one attached hydrogen (secondary N) is 1. The van der Waals surface area contributed by atoms with Crippen molar-refractivity contribution in [1.82, 2.24) is 9.55 Å². The number of ether oxygens (including phenoxy) is 3. The van der Waals surface area contributed by atoms with Gasteiger partial charge in [0.1, 0.15) is 11.5 Å². The van der Waals surface area contributed by atoms with E-state index in [1.165, 1.54) is 32.0 Å². The van der Waals surface area contributed by atoms with Crippen LogP contribution in [0.25, 0.3) is 10.9 Å². The molecule has 0 aliphatic carbocycles. The molecule has 9 heteroatoms. The van der Waals surface area contributed by atoms with E-state index < -0.39 is 18.0 Å². The number of carbonyl (C=O) groups excluding carboxylic acids is 2. The number of methoxy groups -OCH3 is 2. The summed E-state index contributed by atoms with van der Waals surface area (Å²) in [5, 5.41) is 3.13. The predicted octanol–water partition coefficient (Wildman–Crippen LogP) is 2.37. The average molecular weight is 425 g/mol. The van der Waals surface area contributed by atoms with Crippen molar-refractivity contribution in [2.75, 3.05) is 19.5 Å². The summed E-state index contributed by atoms with van der Waals surface area (Å²) in [5.74, 6) is -0.157. The van der Waals surface area contributed by atoms with Gasteiger partial charge in [0.2, 0.25) is 0 Å². The third-order valence-electron chi connectivity index (χ3n) is 4.63. The summed E-state index contributed by atoms with van der Waals surface area (Å²) >= 11 is 0. The van der Waals surface area contributed by atoms with Crippen LogP contribution in [0.3, 0.4) is 0 Å². The lowest BCUT2D eigenvalue weighted by Gasteiger charge is -2.16. The Bertz CT molecular complexity index is 1160. The predicted molar refractivity (Wildman–Crippen MR) is 114 cm³/mol. The standard InChI is InChI=1S/C22H23N3O6/c1-14(21(27)24-18-12-15(29-2)8-9-19(18)30-3)31-20(26)10-11-25-13-23-17-7-5-4-6-16(17)22(25)28/h4-9,12-14H,10-11H2,1-3H3,(H,24,27). The monoisotopic (exact) mass is 425 g/mol. The van der Waals surface area contributed by atoms with E-state index in [1.54, 1.807) is 42.5 Å².